The van der Waals surface area contributed by atoms with Crippen molar-refractivity contribution in [3.05, 3.63) is 11.1 Å². The van der Waals surface area contributed by atoms with Gasteiger partial charge >= 0.3 is 0 Å². The van der Waals surface area contributed by atoms with Gasteiger partial charge in [-0.25, -0.2) is 4.98 Å². The maximum atomic E-state index is 12.1. The van der Waals surface area contributed by atoms with E-state index in [-0.39, 0.29) is 5.91 Å². The van der Waals surface area contributed by atoms with Crippen LogP contribution in [0, 0.1) is 5.92 Å². The summed E-state index contributed by atoms with van der Waals surface area (Å²) in [7, 11) is 0. The zero-order valence-electron chi connectivity index (χ0n) is 10.8. The summed E-state index contributed by atoms with van der Waals surface area (Å²) in [5.74, 6) is 0.621. The van der Waals surface area contributed by atoms with E-state index >= 15 is 0 Å². The number of rotatable bonds is 4. The average Bonchev–Trinajstić information content (AvgIpc) is 2.79. The minimum absolute atomic E-state index is 0.0165. The Hall–Kier alpha value is -1.10. The number of carbonyl (C=O) groups excluding carboxylic acids is 1. The molecule has 2 unspecified atom stereocenters. The minimum Gasteiger partial charge on any atom is -0.375 e. The molecule has 100 valence electrons. The molecular formula is C13H21N3OS. The second-order valence-electron chi connectivity index (χ2n) is 4.98. The number of nitrogens with two attached hydrogens (primary N) is 1. The van der Waals surface area contributed by atoms with Crippen LogP contribution in [0.15, 0.2) is 6.20 Å². The monoisotopic (exact) mass is 267 g/mol. The molecule has 1 amide bonds. The highest BCUT2D eigenvalue weighted by atomic mass is 32.1. The van der Waals surface area contributed by atoms with Crippen molar-refractivity contribution in [2.75, 3.05) is 5.73 Å². The van der Waals surface area contributed by atoms with Gasteiger partial charge in [-0.05, 0) is 25.2 Å². The number of nitrogens with one attached hydrogen (secondary N) is 1. The third kappa shape index (κ3) is 3.22. The van der Waals surface area contributed by atoms with Crippen LogP contribution in [-0.2, 0) is 0 Å². The molecule has 1 aliphatic carbocycles. The molecule has 1 aromatic rings. The second-order valence-corrected chi connectivity index (χ2v) is 6.04. The van der Waals surface area contributed by atoms with Gasteiger partial charge in [-0.3, -0.25) is 4.79 Å². The predicted octanol–water partition coefficient (Wildman–Crippen LogP) is 2.81. The Balaban J connectivity index is 1.96. The van der Waals surface area contributed by atoms with E-state index in [4.69, 9.17) is 5.73 Å². The van der Waals surface area contributed by atoms with Crippen molar-refractivity contribution in [2.24, 2.45) is 5.92 Å². The van der Waals surface area contributed by atoms with Crippen molar-refractivity contribution in [3.8, 4) is 0 Å². The van der Waals surface area contributed by atoms with Gasteiger partial charge in [-0.15, -0.1) is 0 Å². The second kappa shape index (κ2) is 6.18. The van der Waals surface area contributed by atoms with Crippen LogP contribution in [0.5, 0.6) is 0 Å². The van der Waals surface area contributed by atoms with Crippen molar-refractivity contribution < 1.29 is 4.79 Å². The van der Waals surface area contributed by atoms with Crippen LogP contribution in [0.3, 0.4) is 0 Å². The first-order chi connectivity index (χ1) is 8.70. The van der Waals surface area contributed by atoms with Gasteiger partial charge in [0.15, 0.2) is 5.13 Å². The normalized spacial score (nSPS) is 23.8. The van der Waals surface area contributed by atoms with Crippen molar-refractivity contribution in [1.29, 1.82) is 0 Å². The van der Waals surface area contributed by atoms with Crippen LogP contribution < -0.4 is 11.1 Å². The largest absolute Gasteiger partial charge is 0.375 e. The molecule has 1 aromatic heterocycles. The summed E-state index contributed by atoms with van der Waals surface area (Å²) < 4.78 is 0. The number of nitrogens with zero attached hydrogens (tertiary/aromatic N) is 1. The highest BCUT2D eigenvalue weighted by Crippen LogP contribution is 2.28. The predicted molar refractivity (Wildman–Crippen MR) is 74.6 cm³/mol. The van der Waals surface area contributed by atoms with Crippen molar-refractivity contribution in [3.63, 3.8) is 0 Å². The summed E-state index contributed by atoms with van der Waals surface area (Å²) in [6.45, 7) is 2.21. The SMILES string of the molecule is CCCC1CCCCC1NC(=O)c1cnc(N)s1. The lowest BCUT2D eigenvalue weighted by Gasteiger charge is -2.31. The number of hydrogen-bond donors (Lipinski definition) is 2. The zero-order valence-corrected chi connectivity index (χ0v) is 11.6. The molecule has 3 N–H and O–H groups in total. The van der Waals surface area contributed by atoms with E-state index in [0.717, 1.165) is 6.42 Å². The Morgan fingerprint density at radius 3 is 3.00 bits per heavy atom. The fourth-order valence-electron chi connectivity index (χ4n) is 2.75. The molecule has 0 aliphatic heterocycles. The highest BCUT2D eigenvalue weighted by Gasteiger charge is 2.26. The first-order valence-electron chi connectivity index (χ1n) is 6.73. The Labute approximate surface area is 112 Å². The number of carbonyl (C=O) groups is 1. The number of anilines is 1. The maximum Gasteiger partial charge on any atom is 0.263 e. The molecule has 1 heterocycles. The lowest BCUT2D eigenvalue weighted by molar-refractivity contribution is 0.0907. The van der Waals surface area contributed by atoms with Crippen LogP contribution >= 0.6 is 11.3 Å². The van der Waals surface area contributed by atoms with E-state index in [1.165, 1.54) is 43.4 Å². The molecular weight excluding hydrogens is 246 g/mol. The van der Waals surface area contributed by atoms with Crippen LogP contribution in [0.25, 0.3) is 0 Å². The number of amides is 1. The first-order valence-corrected chi connectivity index (χ1v) is 7.54. The Kier molecular flexibility index (Phi) is 4.58. The third-order valence-electron chi connectivity index (χ3n) is 3.63. The van der Waals surface area contributed by atoms with E-state index in [9.17, 15) is 4.79 Å². The van der Waals surface area contributed by atoms with Crippen LogP contribution in [-0.4, -0.2) is 16.9 Å². The van der Waals surface area contributed by atoms with E-state index in [1.54, 1.807) is 6.20 Å². The van der Waals surface area contributed by atoms with Gasteiger partial charge in [0.2, 0.25) is 0 Å². The molecule has 0 aromatic carbocycles. The van der Waals surface area contributed by atoms with E-state index in [0.29, 0.717) is 22.0 Å². The molecule has 0 spiro atoms. The molecule has 1 fully saturated rings. The lowest BCUT2D eigenvalue weighted by Crippen LogP contribution is -2.41. The topological polar surface area (TPSA) is 68.0 Å². The molecule has 0 radical (unpaired) electrons. The Morgan fingerprint density at radius 2 is 2.33 bits per heavy atom. The zero-order chi connectivity index (χ0) is 13.0. The number of thiazole rings is 1. The summed E-state index contributed by atoms with van der Waals surface area (Å²) in [6, 6.07) is 0.328. The first kappa shape index (κ1) is 13.3. The number of nitrogen functional groups attached to an aromatic ring is 1. The van der Waals surface area contributed by atoms with Gasteiger partial charge in [-0.1, -0.05) is 37.5 Å². The third-order valence-corrected chi connectivity index (χ3v) is 4.46. The van der Waals surface area contributed by atoms with E-state index < -0.39 is 0 Å². The minimum atomic E-state index is -0.0165. The van der Waals surface area contributed by atoms with Gasteiger partial charge in [0.25, 0.3) is 5.91 Å². The van der Waals surface area contributed by atoms with Gasteiger partial charge < -0.3 is 11.1 Å². The van der Waals surface area contributed by atoms with Gasteiger partial charge in [0, 0.05) is 6.04 Å². The molecule has 1 saturated carbocycles. The molecule has 1 aliphatic rings. The fraction of sp³-hybridized carbons (Fsp3) is 0.692. The fourth-order valence-corrected chi connectivity index (χ4v) is 3.33. The van der Waals surface area contributed by atoms with Gasteiger partial charge in [0.1, 0.15) is 4.88 Å². The number of hydrogen-bond acceptors (Lipinski definition) is 4. The molecule has 4 nitrogen and oxygen atoms in total. The summed E-state index contributed by atoms with van der Waals surface area (Å²) in [5.41, 5.74) is 5.55. The highest BCUT2D eigenvalue weighted by molar-refractivity contribution is 7.17. The molecule has 0 bridgehead atoms. The smallest absolute Gasteiger partial charge is 0.263 e. The van der Waals surface area contributed by atoms with Crippen LogP contribution in [0.4, 0.5) is 5.13 Å². The lowest BCUT2D eigenvalue weighted by atomic mass is 9.82. The molecule has 0 saturated heterocycles. The van der Waals surface area contributed by atoms with Crippen molar-refractivity contribution >= 4 is 22.4 Å². The molecule has 2 atom stereocenters. The molecule has 2 rings (SSSR count). The van der Waals surface area contributed by atoms with Crippen molar-refractivity contribution in [2.45, 2.75) is 51.5 Å². The van der Waals surface area contributed by atoms with Gasteiger partial charge in [-0.2, -0.15) is 0 Å². The maximum absolute atomic E-state index is 12.1. The van der Waals surface area contributed by atoms with Crippen LogP contribution in [0.1, 0.15) is 55.1 Å². The van der Waals surface area contributed by atoms with Gasteiger partial charge in [0.05, 0.1) is 6.20 Å². The molecule has 18 heavy (non-hydrogen) atoms. The average molecular weight is 267 g/mol. The van der Waals surface area contributed by atoms with Crippen LogP contribution in [0.2, 0.25) is 0 Å². The van der Waals surface area contributed by atoms with E-state index in [1.807, 2.05) is 0 Å². The molecule has 5 heteroatoms. The number of aromatic nitrogens is 1. The van der Waals surface area contributed by atoms with E-state index in [2.05, 4.69) is 17.2 Å². The summed E-state index contributed by atoms with van der Waals surface area (Å²) in [5, 5.41) is 3.61. The Bertz CT molecular complexity index is 403. The Morgan fingerprint density at radius 1 is 1.56 bits per heavy atom. The standard InChI is InChI=1S/C13H21N3OS/c1-2-5-9-6-3-4-7-10(9)16-12(17)11-8-15-13(14)18-11/h8-10H,2-7H2,1H3,(H2,14,15)(H,16,17). The quantitative estimate of drug-likeness (QED) is 0.881. The summed E-state index contributed by atoms with van der Waals surface area (Å²) in [4.78, 5) is 16.6. The summed E-state index contributed by atoms with van der Waals surface area (Å²) >= 11 is 1.25. The summed E-state index contributed by atoms with van der Waals surface area (Å²) in [6.07, 6.45) is 8.81. The van der Waals surface area contributed by atoms with Crippen molar-refractivity contribution in [1.82, 2.24) is 10.3 Å².